The van der Waals surface area contributed by atoms with Gasteiger partial charge in [-0.1, -0.05) is 6.92 Å². The zero-order valence-electron chi connectivity index (χ0n) is 12.7. The van der Waals surface area contributed by atoms with Crippen LogP contribution in [0.5, 0.6) is 0 Å². The minimum Gasteiger partial charge on any atom is -0.313 e. The van der Waals surface area contributed by atoms with E-state index in [0.717, 1.165) is 18.7 Å². The number of hydrogen-bond acceptors (Lipinski definition) is 4. The van der Waals surface area contributed by atoms with E-state index >= 15 is 0 Å². The van der Waals surface area contributed by atoms with Gasteiger partial charge >= 0.3 is 0 Å². The Morgan fingerprint density at radius 1 is 1.33 bits per heavy atom. The van der Waals surface area contributed by atoms with Gasteiger partial charge in [0.2, 0.25) is 10.0 Å². The summed E-state index contributed by atoms with van der Waals surface area (Å²) in [6.45, 7) is 4.98. The molecule has 1 aromatic rings. The van der Waals surface area contributed by atoms with Crippen LogP contribution in [0.15, 0.2) is 17.0 Å². The highest BCUT2D eigenvalue weighted by Crippen LogP contribution is 2.20. The van der Waals surface area contributed by atoms with Crippen molar-refractivity contribution in [2.75, 3.05) is 25.1 Å². The maximum Gasteiger partial charge on any atom is 0.240 e. The van der Waals surface area contributed by atoms with Crippen molar-refractivity contribution >= 4 is 21.8 Å². The summed E-state index contributed by atoms with van der Waals surface area (Å²) in [5.41, 5.74) is 0.789. The van der Waals surface area contributed by atoms with Gasteiger partial charge in [0.05, 0.1) is 4.90 Å². The highest BCUT2D eigenvalue weighted by Gasteiger charge is 2.19. The molecule has 0 saturated heterocycles. The van der Waals surface area contributed by atoms with Gasteiger partial charge in [-0.3, -0.25) is 0 Å². The fourth-order valence-electron chi connectivity index (χ4n) is 1.86. The molecule has 0 aliphatic carbocycles. The third kappa shape index (κ3) is 5.58. The lowest BCUT2D eigenvalue weighted by Crippen LogP contribution is -2.26. The summed E-state index contributed by atoms with van der Waals surface area (Å²) in [6, 6.07) is 2.92. The molecule has 120 valence electrons. The molecule has 0 heterocycles. The van der Waals surface area contributed by atoms with Crippen LogP contribution in [0.1, 0.15) is 24.5 Å². The van der Waals surface area contributed by atoms with Gasteiger partial charge in [-0.2, -0.15) is 11.8 Å². The number of nitrogens with one attached hydrogen (secondary N) is 2. The van der Waals surface area contributed by atoms with E-state index in [1.807, 2.05) is 13.2 Å². The van der Waals surface area contributed by atoms with Crippen molar-refractivity contribution < 1.29 is 12.8 Å². The summed E-state index contributed by atoms with van der Waals surface area (Å²) in [6.07, 6.45) is 2.72. The fourth-order valence-corrected chi connectivity index (χ4v) is 3.67. The minimum atomic E-state index is -3.67. The number of hydrogen-bond donors (Lipinski definition) is 2. The van der Waals surface area contributed by atoms with Crippen molar-refractivity contribution in [3.05, 3.63) is 29.1 Å². The second-order valence-corrected chi connectivity index (χ2v) is 7.45. The molecule has 0 saturated carbocycles. The van der Waals surface area contributed by atoms with Gasteiger partial charge in [0, 0.05) is 18.7 Å². The molecule has 1 rings (SSSR count). The predicted octanol–water partition coefficient (Wildman–Crippen LogP) is 2.28. The van der Waals surface area contributed by atoms with Gasteiger partial charge in [0.1, 0.15) is 5.82 Å². The molecule has 2 N–H and O–H groups in total. The molecule has 21 heavy (non-hydrogen) atoms. The number of sulfonamides is 1. The largest absolute Gasteiger partial charge is 0.313 e. The first kappa shape index (κ1) is 18.4. The summed E-state index contributed by atoms with van der Waals surface area (Å²) in [5, 5.41) is 3.07. The third-order valence-electron chi connectivity index (χ3n) is 3.04. The van der Waals surface area contributed by atoms with E-state index < -0.39 is 15.8 Å². The Balaban J connectivity index is 2.95. The molecule has 0 unspecified atom stereocenters. The summed E-state index contributed by atoms with van der Waals surface area (Å²) in [4.78, 5) is 0.0274. The van der Waals surface area contributed by atoms with E-state index in [0.29, 0.717) is 18.7 Å². The monoisotopic (exact) mass is 334 g/mol. The van der Waals surface area contributed by atoms with Gasteiger partial charge in [-0.15, -0.1) is 0 Å². The Bertz CT molecular complexity index is 562. The Morgan fingerprint density at radius 2 is 2.05 bits per heavy atom. The molecular formula is C14H23FN2O2S2. The molecule has 4 nitrogen and oxygen atoms in total. The molecule has 0 aliphatic rings. The number of benzene rings is 1. The van der Waals surface area contributed by atoms with E-state index in [1.54, 1.807) is 11.8 Å². The van der Waals surface area contributed by atoms with Crippen molar-refractivity contribution in [3.63, 3.8) is 0 Å². The predicted molar refractivity (Wildman–Crippen MR) is 86.7 cm³/mol. The number of thioether (sulfide) groups is 1. The molecule has 0 bridgehead atoms. The fraction of sp³-hybridized carbons (Fsp3) is 0.571. The summed E-state index contributed by atoms with van der Waals surface area (Å²) >= 11 is 1.66. The molecule has 0 aromatic heterocycles. The first-order valence-electron chi connectivity index (χ1n) is 6.90. The highest BCUT2D eigenvalue weighted by molar-refractivity contribution is 7.98. The van der Waals surface area contributed by atoms with E-state index in [1.165, 1.54) is 19.1 Å². The second-order valence-electron chi connectivity index (χ2n) is 4.73. The average molecular weight is 334 g/mol. The van der Waals surface area contributed by atoms with Gasteiger partial charge in [0.25, 0.3) is 0 Å². The standard InChI is InChI=1S/C14H23FN2O2S2/c1-4-16-10-12-8-13(15)11(2)14(9-12)21(18,19)17-6-5-7-20-3/h8-9,16-17H,4-7,10H2,1-3H3. The van der Waals surface area contributed by atoms with Crippen LogP contribution in [0.4, 0.5) is 4.39 Å². The maximum atomic E-state index is 13.9. The topological polar surface area (TPSA) is 58.2 Å². The average Bonchev–Trinajstić information content (AvgIpc) is 2.44. The Hall–Kier alpha value is -0.630. The lowest BCUT2D eigenvalue weighted by molar-refractivity contribution is 0.572. The lowest BCUT2D eigenvalue weighted by atomic mass is 10.1. The Morgan fingerprint density at radius 3 is 2.67 bits per heavy atom. The molecule has 0 aliphatic heterocycles. The van der Waals surface area contributed by atoms with Crippen LogP contribution in [0.25, 0.3) is 0 Å². The van der Waals surface area contributed by atoms with Crippen LogP contribution in [0.3, 0.4) is 0 Å². The number of halogens is 1. The third-order valence-corrected chi connectivity index (χ3v) is 5.33. The van der Waals surface area contributed by atoms with Crippen LogP contribution < -0.4 is 10.0 Å². The van der Waals surface area contributed by atoms with Gasteiger partial charge in [0.15, 0.2) is 0 Å². The smallest absolute Gasteiger partial charge is 0.240 e. The SMILES string of the molecule is CCNCc1cc(F)c(C)c(S(=O)(=O)NCCCSC)c1. The van der Waals surface area contributed by atoms with Crippen molar-refractivity contribution in [3.8, 4) is 0 Å². The molecule has 1 aromatic carbocycles. The van der Waals surface area contributed by atoms with Crippen LogP contribution in [0, 0.1) is 12.7 Å². The Kier molecular flexibility index (Phi) is 7.65. The van der Waals surface area contributed by atoms with E-state index in [2.05, 4.69) is 10.0 Å². The van der Waals surface area contributed by atoms with E-state index in [-0.39, 0.29) is 10.5 Å². The van der Waals surface area contributed by atoms with Crippen LogP contribution in [-0.2, 0) is 16.6 Å². The zero-order chi connectivity index (χ0) is 15.9. The molecular weight excluding hydrogens is 311 g/mol. The van der Waals surface area contributed by atoms with Crippen LogP contribution in [-0.4, -0.2) is 33.5 Å². The summed E-state index contributed by atoms with van der Waals surface area (Å²) in [7, 11) is -3.67. The zero-order valence-corrected chi connectivity index (χ0v) is 14.3. The lowest BCUT2D eigenvalue weighted by Gasteiger charge is -2.12. The first-order chi connectivity index (χ1) is 9.92. The minimum absolute atomic E-state index is 0.0274. The van der Waals surface area contributed by atoms with Gasteiger partial charge < -0.3 is 5.32 Å². The van der Waals surface area contributed by atoms with Crippen molar-refractivity contribution in [2.45, 2.75) is 31.7 Å². The van der Waals surface area contributed by atoms with Crippen molar-refractivity contribution in [1.82, 2.24) is 10.0 Å². The van der Waals surface area contributed by atoms with Crippen molar-refractivity contribution in [1.29, 1.82) is 0 Å². The quantitative estimate of drug-likeness (QED) is 0.680. The normalized spacial score (nSPS) is 11.8. The summed E-state index contributed by atoms with van der Waals surface area (Å²) < 4.78 is 41.0. The molecule has 0 fully saturated rings. The summed E-state index contributed by atoms with van der Waals surface area (Å²) in [5.74, 6) is 0.394. The van der Waals surface area contributed by atoms with Crippen LogP contribution in [0.2, 0.25) is 0 Å². The van der Waals surface area contributed by atoms with E-state index in [9.17, 15) is 12.8 Å². The van der Waals surface area contributed by atoms with E-state index in [4.69, 9.17) is 0 Å². The number of rotatable bonds is 9. The first-order valence-corrected chi connectivity index (χ1v) is 9.78. The Labute approximate surface area is 131 Å². The van der Waals surface area contributed by atoms with Crippen molar-refractivity contribution in [2.24, 2.45) is 0 Å². The van der Waals surface area contributed by atoms with Gasteiger partial charge in [-0.05, 0) is 49.6 Å². The molecule has 0 radical (unpaired) electrons. The van der Waals surface area contributed by atoms with Crippen LogP contribution >= 0.6 is 11.8 Å². The molecule has 0 atom stereocenters. The highest BCUT2D eigenvalue weighted by atomic mass is 32.2. The molecule has 0 amide bonds. The second kappa shape index (κ2) is 8.73. The molecule has 0 spiro atoms. The maximum absolute atomic E-state index is 13.9. The molecule has 7 heteroatoms. The van der Waals surface area contributed by atoms with Gasteiger partial charge in [-0.25, -0.2) is 17.5 Å².